The monoisotopic (exact) mass is 229 g/mol. The maximum atomic E-state index is 11.5. The Labute approximate surface area is 92.6 Å². The lowest BCUT2D eigenvalue weighted by Gasteiger charge is -2.30. The van der Waals surface area contributed by atoms with Crippen LogP contribution in [0.4, 0.5) is 4.79 Å². The number of carboxylic acid groups (broad SMARTS) is 1. The molecule has 0 saturated carbocycles. The Morgan fingerprint density at radius 3 is 2.69 bits per heavy atom. The van der Waals surface area contributed by atoms with E-state index in [9.17, 15) is 14.4 Å². The third-order valence-electron chi connectivity index (χ3n) is 2.50. The van der Waals surface area contributed by atoms with E-state index in [2.05, 4.69) is 5.32 Å². The minimum absolute atomic E-state index is 0.265. The van der Waals surface area contributed by atoms with Crippen LogP contribution in [0.25, 0.3) is 0 Å². The molecule has 1 saturated heterocycles. The van der Waals surface area contributed by atoms with Crippen molar-refractivity contribution in [3.05, 3.63) is 0 Å². The van der Waals surface area contributed by atoms with Gasteiger partial charge in [-0.2, -0.15) is 0 Å². The molecule has 0 aromatic carbocycles. The fourth-order valence-electron chi connectivity index (χ4n) is 1.66. The topological polar surface area (TPSA) is 113 Å². The first kappa shape index (κ1) is 12.3. The summed E-state index contributed by atoms with van der Waals surface area (Å²) in [5.41, 5.74) is 5.16. The van der Waals surface area contributed by atoms with Gasteiger partial charge in [-0.25, -0.2) is 4.79 Å². The average Bonchev–Trinajstić information content (AvgIpc) is 2.26. The zero-order chi connectivity index (χ0) is 12.1. The summed E-state index contributed by atoms with van der Waals surface area (Å²) in [6.07, 6.45) is 1.38. The van der Waals surface area contributed by atoms with E-state index in [1.54, 1.807) is 0 Å². The molecule has 1 fully saturated rings. The molecule has 0 spiro atoms. The minimum atomic E-state index is -1.10. The van der Waals surface area contributed by atoms with Crippen molar-refractivity contribution in [2.75, 3.05) is 19.6 Å². The van der Waals surface area contributed by atoms with Crippen molar-refractivity contribution in [1.29, 1.82) is 0 Å². The number of nitrogens with two attached hydrogens (primary N) is 1. The molecule has 7 heteroatoms. The highest BCUT2D eigenvalue weighted by Gasteiger charge is 2.26. The Kier molecular flexibility index (Phi) is 4.10. The summed E-state index contributed by atoms with van der Waals surface area (Å²) < 4.78 is 0. The van der Waals surface area contributed by atoms with Gasteiger partial charge in [-0.15, -0.1) is 0 Å². The summed E-state index contributed by atoms with van der Waals surface area (Å²) in [7, 11) is 0. The van der Waals surface area contributed by atoms with Gasteiger partial charge in [0.2, 0.25) is 5.91 Å². The number of carboxylic acids is 1. The predicted octanol–water partition coefficient (Wildman–Crippen LogP) is -1.02. The molecule has 1 heterocycles. The molecule has 0 aromatic rings. The van der Waals surface area contributed by atoms with Crippen molar-refractivity contribution in [2.24, 2.45) is 11.7 Å². The quantitative estimate of drug-likeness (QED) is 0.574. The number of carbonyl (C=O) groups excluding carboxylic acids is 2. The van der Waals surface area contributed by atoms with Crippen molar-refractivity contribution < 1.29 is 19.5 Å². The molecule has 1 unspecified atom stereocenters. The number of hydrogen-bond acceptors (Lipinski definition) is 3. The van der Waals surface area contributed by atoms with E-state index in [0.29, 0.717) is 19.4 Å². The highest BCUT2D eigenvalue weighted by Crippen LogP contribution is 2.15. The van der Waals surface area contributed by atoms with Crippen LogP contribution >= 0.6 is 0 Å². The standard InChI is InChI=1S/C9H15N3O4/c10-8(15)6-2-1-3-12(5-6)9(16)11-4-7(13)14/h6H,1-5H2,(H2,10,15)(H,11,16)(H,13,14). The van der Waals surface area contributed by atoms with Crippen LogP contribution in [0.15, 0.2) is 0 Å². The number of primary amides is 1. The number of carbonyl (C=O) groups is 3. The summed E-state index contributed by atoms with van der Waals surface area (Å²) in [4.78, 5) is 34.1. The van der Waals surface area contributed by atoms with Crippen LogP contribution in [-0.4, -0.2) is 47.5 Å². The number of nitrogens with one attached hydrogen (secondary N) is 1. The molecule has 1 rings (SSSR count). The summed E-state index contributed by atoms with van der Waals surface area (Å²) in [5.74, 6) is -1.85. The zero-order valence-corrected chi connectivity index (χ0v) is 8.81. The molecule has 0 aromatic heterocycles. The highest BCUT2D eigenvalue weighted by molar-refractivity contribution is 5.81. The molecule has 0 radical (unpaired) electrons. The molecular weight excluding hydrogens is 214 g/mol. The van der Waals surface area contributed by atoms with Gasteiger partial charge < -0.3 is 21.1 Å². The summed E-state index contributed by atoms with van der Waals surface area (Å²) in [5, 5.41) is 10.6. The van der Waals surface area contributed by atoms with E-state index in [4.69, 9.17) is 10.8 Å². The number of rotatable bonds is 3. The van der Waals surface area contributed by atoms with Gasteiger partial charge in [0.25, 0.3) is 0 Å². The van der Waals surface area contributed by atoms with Gasteiger partial charge in [0.05, 0.1) is 5.92 Å². The first-order valence-corrected chi connectivity index (χ1v) is 5.04. The van der Waals surface area contributed by atoms with Crippen LogP contribution in [0.5, 0.6) is 0 Å². The fourth-order valence-corrected chi connectivity index (χ4v) is 1.66. The first-order chi connectivity index (χ1) is 7.50. The third-order valence-corrected chi connectivity index (χ3v) is 2.50. The van der Waals surface area contributed by atoms with Gasteiger partial charge in [0, 0.05) is 13.1 Å². The van der Waals surface area contributed by atoms with Crippen molar-refractivity contribution in [3.63, 3.8) is 0 Å². The summed E-state index contributed by atoms with van der Waals surface area (Å²) in [6.45, 7) is 0.368. The zero-order valence-electron chi connectivity index (χ0n) is 8.81. The van der Waals surface area contributed by atoms with E-state index in [1.165, 1.54) is 4.90 Å². The van der Waals surface area contributed by atoms with Gasteiger partial charge in [-0.1, -0.05) is 0 Å². The van der Waals surface area contributed by atoms with Crippen LogP contribution in [0.2, 0.25) is 0 Å². The van der Waals surface area contributed by atoms with Gasteiger partial charge in [0.15, 0.2) is 0 Å². The second kappa shape index (κ2) is 5.34. The maximum Gasteiger partial charge on any atom is 0.323 e. The highest BCUT2D eigenvalue weighted by atomic mass is 16.4. The number of aliphatic carboxylic acids is 1. The number of hydrogen-bond donors (Lipinski definition) is 3. The number of nitrogens with zero attached hydrogens (tertiary/aromatic N) is 1. The minimum Gasteiger partial charge on any atom is -0.480 e. The van der Waals surface area contributed by atoms with Gasteiger partial charge in [-0.05, 0) is 12.8 Å². The van der Waals surface area contributed by atoms with Crippen LogP contribution < -0.4 is 11.1 Å². The Morgan fingerprint density at radius 1 is 1.44 bits per heavy atom. The normalized spacial score (nSPS) is 20.2. The lowest BCUT2D eigenvalue weighted by molar-refractivity contribution is -0.135. The lowest BCUT2D eigenvalue weighted by Crippen LogP contribution is -2.49. The van der Waals surface area contributed by atoms with Gasteiger partial charge in [-0.3, -0.25) is 9.59 Å². The summed E-state index contributed by atoms with van der Waals surface area (Å²) >= 11 is 0. The fraction of sp³-hybridized carbons (Fsp3) is 0.667. The first-order valence-electron chi connectivity index (χ1n) is 5.04. The maximum absolute atomic E-state index is 11.5. The molecule has 7 nitrogen and oxygen atoms in total. The smallest absolute Gasteiger partial charge is 0.323 e. The number of likely N-dealkylation sites (tertiary alicyclic amines) is 1. The molecule has 1 aliphatic heterocycles. The Morgan fingerprint density at radius 2 is 2.12 bits per heavy atom. The van der Waals surface area contributed by atoms with E-state index in [-0.39, 0.29) is 12.5 Å². The Hall–Kier alpha value is -1.79. The van der Waals surface area contributed by atoms with E-state index in [1.807, 2.05) is 0 Å². The second-order valence-corrected chi connectivity index (χ2v) is 3.74. The van der Waals surface area contributed by atoms with Crippen LogP contribution in [0.3, 0.4) is 0 Å². The molecule has 1 atom stereocenters. The Bertz CT molecular complexity index is 305. The van der Waals surface area contributed by atoms with Crippen molar-refractivity contribution in [1.82, 2.24) is 10.2 Å². The van der Waals surface area contributed by atoms with Crippen molar-refractivity contribution in [2.45, 2.75) is 12.8 Å². The molecule has 90 valence electrons. The van der Waals surface area contributed by atoms with Gasteiger partial charge in [0.1, 0.15) is 6.54 Å². The van der Waals surface area contributed by atoms with E-state index >= 15 is 0 Å². The average molecular weight is 229 g/mol. The van der Waals surface area contributed by atoms with Gasteiger partial charge >= 0.3 is 12.0 Å². The lowest BCUT2D eigenvalue weighted by atomic mass is 9.98. The molecule has 16 heavy (non-hydrogen) atoms. The third kappa shape index (κ3) is 3.41. The molecule has 0 bridgehead atoms. The van der Waals surface area contributed by atoms with Crippen LogP contribution in [-0.2, 0) is 9.59 Å². The number of piperidine rings is 1. The molecule has 3 amide bonds. The second-order valence-electron chi connectivity index (χ2n) is 3.74. The van der Waals surface area contributed by atoms with Crippen molar-refractivity contribution >= 4 is 17.9 Å². The SMILES string of the molecule is NC(=O)C1CCCN(C(=O)NCC(=O)O)C1. The molecule has 4 N–H and O–H groups in total. The Balaban J connectivity index is 2.43. The summed E-state index contributed by atoms with van der Waals surface area (Å²) in [6, 6.07) is -0.464. The van der Waals surface area contributed by atoms with E-state index < -0.39 is 24.5 Å². The molecule has 0 aliphatic carbocycles. The predicted molar refractivity (Wildman–Crippen MR) is 54.5 cm³/mol. The molecular formula is C9H15N3O4. The number of amides is 3. The number of urea groups is 1. The van der Waals surface area contributed by atoms with Crippen molar-refractivity contribution in [3.8, 4) is 0 Å². The van der Waals surface area contributed by atoms with Crippen LogP contribution in [0.1, 0.15) is 12.8 Å². The largest absolute Gasteiger partial charge is 0.480 e. The van der Waals surface area contributed by atoms with Crippen LogP contribution in [0, 0.1) is 5.92 Å². The van der Waals surface area contributed by atoms with E-state index in [0.717, 1.165) is 0 Å². The molecule has 1 aliphatic rings.